The van der Waals surface area contributed by atoms with Crippen molar-refractivity contribution < 1.29 is 19.8 Å². The van der Waals surface area contributed by atoms with E-state index in [4.69, 9.17) is 10.2 Å². The molecule has 2 fully saturated rings. The van der Waals surface area contributed by atoms with E-state index in [1.807, 2.05) is 9.80 Å². The van der Waals surface area contributed by atoms with Gasteiger partial charge in [0.15, 0.2) is 0 Å². The maximum absolute atomic E-state index is 12.4. The molecule has 1 unspecified atom stereocenters. The Hall–Kier alpha value is -1.34. The number of aliphatic hydroxyl groups is 1. The number of piperazine rings is 1. The van der Waals surface area contributed by atoms with Crippen molar-refractivity contribution >= 4 is 12.0 Å². The highest BCUT2D eigenvalue weighted by Gasteiger charge is 2.30. The molecule has 7 nitrogen and oxygen atoms in total. The van der Waals surface area contributed by atoms with E-state index >= 15 is 0 Å². The van der Waals surface area contributed by atoms with E-state index in [1.54, 1.807) is 0 Å². The smallest absolute Gasteiger partial charge is 0.320 e. The van der Waals surface area contributed by atoms with Crippen molar-refractivity contribution in [1.82, 2.24) is 14.7 Å². The van der Waals surface area contributed by atoms with Gasteiger partial charge in [-0.2, -0.15) is 0 Å². The molecule has 0 saturated carbocycles. The summed E-state index contributed by atoms with van der Waals surface area (Å²) in [5.74, 6) is -0.351. The first-order chi connectivity index (χ1) is 10.1. The standard InChI is InChI=1S/C14H25N3O4/c18-10-3-12-1-5-17(11-12)14(21)16-8-6-15(7-9-16)4-2-13(19)20/h12,18H,1-11H2,(H,19,20). The molecular formula is C14H25N3O4. The van der Waals surface area contributed by atoms with E-state index in [0.29, 0.717) is 25.6 Å². The SMILES string of the molecule is O=C(O)CCN1CCN(C(=O)N2CCC(CCO)C2)CC1. The summed E-state index contributed by atoms with van der Waals surface area (Å²) in [7, 11) is 0. The molecule has 0 aromatic rings. The predicted molar refractivity (Wildman–Crippen MR) is 77.0 cm³/mol. The van der Waals surface area contributed by atoms with Crippen LogP contribution in [0.4, 0.5) is 4.79 Å². The van der Waals surface area contributed by atoms with E-state index < -0.39 is 5.97 Å². The van der Waals surface area contributed by atoms with Gasteiger partial charge in [-0.3, -0.25) is 9.69 Å². The van der Waals surface area contributed by atoms with Crippen molar-refractivity contribution in [2.75, 3.05) is 52.4 Å². The molecule has 0 radical (unpaired) electrons. The van der Waals surface area contributed by atoms with Crippen molar-refractivity contribution in [3.8, 4) is 0 Å². The third kappa shape index (κ3) is 4.57. The first-order valence-electron chi connectivity index (χ1n) is 7.69. The van der Waals surface area contributed by atoms with Crippen LogP contribution in [-0.2, 0) is 4.79 Å². The second-order valence-corrected chi connectivity index (χ2v) is 5.87. The van der Waals surface area contributed by atoms with Crippen LogP contribution in [0.15, 0.2) is 0 Å². The second kappa shape index (κ2) is 7.61. The molecule has 2 heterocycles. The number of carboxylic acids is 1. The average Bonchev–Trinajstić information content (AvgIpc) is 2.94. The van der Waals surface area contributed by atoms with Gasteiger partial charge in [0.05, 0.1) is 6.42 Å². The van der Waals surface area contributed by atoms with Gasteiger partial charge in [-0.05, 0) is 18.8 Å². The lowest BCUT2D eigenvalue weighted by Crippen LogP contribution is -2.52. The number of carboxylic acid groups (broad SMARTS) is 1. The highest BCUT2D eigenvalue weighted by molar-refractivity contribution is 5.75. The third-order valence-corrected chi connectivity index (χ3v) is 4.38. The van der Waals surface area contributed by atoms with Gasteiger partial charge in [0.25, 0.3) is 0 Å². The summed E-state index contributed by atoms with van der Waals surface area (Å²) in [6.07, 6.45) is 1.90. The fourth-order valence-corrected chi connectivity index (χ4v) is 3.04. The summed E-state index contributed by atoms with van der Waals surface area (Å²) in [6.45, 7) is 5.09. The van der Waals surface area contributed by atoms with E-state index in [2.05, 4.69) is 4.90 Å². The molecule has 21 heavy (non-hydrogen) atoms. The van der Waals surface area contributed by atoms with E-state index in [1.165, 1.54) is 0 Å². The van der Waals surface area contributed by atoms with Crippen LogP contribution in [-0.4, -0.2) is 89.3 Å². The second-order valence-electron chi connectivity index (χ2n) is 5.87. The quantitative estimate of drug-likeness (QED) is 0.741. The molecule has 2 amide bonds. The molecular weight excluding hydrogens is 274 g/mol. The Balaban J connectivity index is 1.72. The van der Waals surface area contributed by atoms with Gasteiger partial charge in [-0.25, -0.2) is 4.79 Å². The highest BCUT2D eigenvalue weighted by atomic mass is 16.4. The largest absolute Gasteiger partial charge is 0.481 e. The number of hydrogen-bond donors (Lipinski definition) is 2. The van der Waals surface area contributed by atoms with Crippen LogP contribution in [0.2, 0.25) is 0 Å². The monoisotopic (exact) mass is 299 g/mol. The number of aliphatic carboxylic acids is 1. The topological polar surface area (TPSA) is 84.3 Å². The molecule has 0 spiro atoms. The number of urea groups is 1. The molecule has 0 bridgehead atoms. The fraction of sp³-hybridized carbons (Fsp3) is 0.857. The number of amides is 2. The summed E-state index contributed by atoms with van der Waals surface area (Å²) in [5.41, 5.74) is 0. The van der Waals surface area contributed by atoms with E-state index in [9.17, 15) is 9.59 Å². The first kappa shape index (κ1) is 16.0. The van der Waals surface area contributed by atoms with Crippen LogP contribution < -0.4 is 0 Å². The van der Waals surface area contributed by atoms with Crippen molar-refractivity contribution in [1.29, 1.82) is 0 Å². The number of aliphatic hydroxyl groups excluding tert-OH is 1. The van der Waals surface area contributed by atoms with Crippen molar-refractivity contribution in [2.24, 2.45) is 5.92 Å². The van der Waals surface area contributed by atoms with Crippen LogP contribution in [0.1, 0.15) is 19.3 Å². The Labute approximate surface area is 125 Å². The first-order valence-corrected chi connectivity index (χ1v) is 7.69. The zero-order chi connectivity index (χ0) is 15.2. The van der Waals surface area contributed by atoms with Crippen LogP contribution in [0.25, 0.3) is 0 Å². The lowest BCUT2D eigenvalue weighted by molar-refractivity contribution is -0.137. The minimum absolute atomic E-state index is 0.0910. The Morgan fingerprint density at radius 3 is 2.38 bits per heavy atom. The summed E-state index contributed by atoms with van der Waals surface area (Å²) in [6, 6.07) is 0.0910. The van der Waals surface area contributed by atoms with Gasteiger partial charge in [-0.1, -0.05) is 0 Å². The summed E-state index contributed by atoms with van der Waals surface area (Å²) in [5, 5.41) is 17.6. The fourth-order valence-electron chi connectivity index (χ4n) is 3.04. The average molecular weight is 299 g/mol. The number of carbonyl (C=O) groups is 2. The zero-order valence-electron chi connectivity index (χ0n) is 12.4. The maximum Gasteiger partial charge on any atom is 0.320 e. The van der Waals surface area contributed by atoms with Crippen molar-refractivity contribution in [2.45, 2.75) is 19.3 Å². The van der Waals surface area contributed by atoms with Gasteiger partial charge >= 0.3 is 12.0 Å². The molecule has 7 heteroatoms. The number of hydrogen-bond acceptors (Lipinski definition) is 4. The summed E-state index contributed by atoms with van der Waals surface area (Å²) in [4.78, 5) is 28.8. The highest BCUT2D eigenvalue weighted by Crippen LogP contribution is 2.20. The number of likely N-dealkylation sites (tertiary alicyclic amines) is 1. The Bertz CT molecular complexity index is 369. The summed E-state index contributed by atoms with van der Waals surface area (Å²) >= 11 is 0. The van der Waals surface area contributed by atoms with Gasteiger partial charge in [0, 0.05) is 52.4 Å². The van der Waals surface area contributed by atoms with Crippen molar-refractivity contribution in [3.05, 3.63) is 0 Å². The molecule has 2 saturated heterocycles. The Kier molecular flexibility index (Phi) is 5.81. The number of nitrogens with zero attached hydrogens (tertiary/aromatic N) is 3. The molecule has 0 aromatic carbocycles. The van der Waals surface area contributed by atoms with E-state index in [-0.39, 0.29) is 19.1 Å². The van der Waals surface area contributed by atoms with Crippen molar-refractivity contribution in [3.63, 3.8) is 0 Å². The molecule has 120 valence electrons. The van der Waals surface area contributed by atoms with Gasteiger partial charge in [0.1, 0.15) is 0 Å². The minimum Gasteiger partial charge on any atom is -0.481 e. The predicted octanol–water partition coefficient (Wildman–Crippen LogP) is -0.0970. The zero-order valence-corrected chi connectivity index (χ0v) is 12.4. The lowest BCUT2D eigenvalue weighted by Gasteiger charge is -2.36. The van der Waals surface area contributed by atoms with Gasteiger partial charge in [-0.15, -0.1) is 0 Å². The van der Waals surface area contributed by atoms with Crippen LogP contribution >= 0.6 is 0 Å². The molecule has 2 aliphatic heterocycles. The Morgan fingerprint density at radius 1 is 1.05 bits per heavy atom. The van der Waals surface area contributed by atoms with Crippen LogP contribution in [0.5, 0.6) is 0 Å². The third-order valence-electron chi connectivity index (χ3n) is 4.38. The Morgan fingerprint density at radius 2 is 1.76 bits per heavy atom. The molecule has 0 aromatic heterocycles. The molecule has 2 rings (SSSR count). The molecule has 0 aliphatic carbocycles. The van der Waals surface area contributed by atoms with Crippen LogP contribution in [0, 0.1) is 5.92 Å². The normalized spacial score (nSPS) is 23.6. The number of carbonyl (C=O) groups excluding carboxylic acids is 1. The maximum atomic E-state index is 12.4. The molecule has 2 aliphatic rings. The van der Waals surface area contributed by atoms with Crippen LogP contribution in [0.3, 0.4) is 0 Å². The minimum atomic E-state index is -0.777. The van der Waals surface area contributed by atoms with Gasteiger partial charge in [0.2, 0.25) is 0 Å². The lowest BCUT2D eigenvalue weighted by atomic mass is 10.1. The van der Waals surface area contributed by atoms with Gasteiger partial charge < -0.3 is 20.0 Å². The summed E-state index contributed by atoms with van der Waals surface area (Å²) < 4.78 is 0. The number of rotatable bonds is 5. The molecule has 1 atom stereocenters. The van der Waals surface area contributed by atoms with E-state index in [0.717, 1.165) is 39.0 Å². The molecule has 2 N–H and O–H groups in total.